The van der Waals surface area contributed by atoms with Crippen molar-refractivity contribution < 1.29 is 0 Å². The summed E-state index contributed by atoms with van der Waals surface area (Å²) in [6, 6.07) is 68.6. The van der Waals surface area contributed by atoms with E-state index in [1.165, 1.54) is 121 Å². The van der Waals surface area contributed by atoms with E-state index in [9.17, 15) is 0 Å². The molecule has 0 spiro atoms. The van der Waals surface area contributed by atoms with Crippen molar-refractivity contribution in [2.24, 2.45) is 0 Å². The minimum Gasteiger partial charge on any atom is -0.0619 e. The number of fused-ring (bicyclic) bond motifs is 12. The van der Waals surface area contributed by atoms with Gasteiger partial charge in [0.2, 0.25) is 0 Å². The maximum absolute atomic E-state index is 2.53. The molecule has 10 aromatic rings. The largest absolute Gasteiger partial charge is 0.0619 e. The molecule has 0 aromatic heterocycles. The molecule has 0 atom stereocenters. The normalized spacial score (nSPS) is 14.5. The molecular formula is C58H42. The van der Waals surface area contributed by atoms with Gasteiger partial charge in [0.1, 0.15) is 0 Å². The van der Waals surface area contributed by atoms with Crippen LogP contribution in [0.15, 0.2) is 182 Å². The molecule has 0 bridgehead atoms. The summed E-state index contributed by atoms with van der Waals surface area (Å²) in [7, 11) is 0. The van der Waals surface area contributed by atoms with Gasteiger partial charge in [-0.25, -0.2) is 0 Å². The second-order valence-electron chi connectivity index (χ2n) is 17.5. The van der Waals surface area contributed by atoms with Crippen LogP contribution in [-0.4, -0.2) is 0 Å². The summed E-state index contributed by atoms with van der Waals surface area (Å²) < 4.78 is 0. The molecule has 0 amide bonds. The van der Waals surface area contributed by atoms with Crippen LogP contribution in [0.4, 0.5) is 0 Å². The Bertz CT molecular complexity index is 3330. The van der Waals surface area contributed by atoms with E-state index in [1.54, 1.807) is 0 Å². The van der Waals surface area contributed by atoms with Crippen LogP contribution >= 0.6 is 0 Å². The quantitative estimate of drug-likeness (QED) is 0.158. The topological polar surface area (TPSA) is 0 Å². The molecule has 0 heteroatoms. The van der Waals surface area contributed by atoms with Gasteiger partial charge in [-0.05, 0) is 133 Å². The Morgan fingerprint density at radius 1 is 0.276 bits per heavy atom. The van der Waals surface area contributed by atoms with Gasteiger partial charge in [0.05, 0.1) is 0 Å². The molecule has 0 fully saturated rings. The number of hydrogen-bond acceptors (Lipinski definition) is 0. The van der Waals surface area contributed by atoms with E-state index in [4.69, 9.17) is 0 Å². The van der Waals surface area contributed by atoms with Gasteiger partial charge in [0.25, 0.3) is 0 Å². The third-order valence-electron chi connectivity index (χ3n) is 13.8. The fourth-order valence-corrected chi connectivity index (χ4v) is 11.2. The number of hydrogen-bond donors (Lipinski definition) is 0. The van der Waals surface area contributed by atoms with Gasteiger partial charge in [-0.15, -0.1) is 0 Å². The number of benzene rings is 10. The lowest BCUT2D eigenvalue weighted by molar-refractivity contribution is 0.661. The third kappa shape index (κ3) is 4.41. The summed E-state index contributed by atoms with van der Waals surface area (Å²) >= 11 is 0. The average Bonchev–Trinajstić information content (AvgIpc) is 3.65. The van der Waals surface area contributed by atoms with Crippen molar-refractivity contribution in [1.29, 1.82) is 0 Å². The maximum Gasteiger partial charge on any atom is 0.0165 e. The molecule has 0 nitrogen and oxygen atoms in total. The average molecular weight is 739 g/mol. The first-order valence-electron chi connectivity index (χ1n) is 20.7. The highest BCUT2D eigenvalue weighted by atomic mass is 14.4. The van der Waals surface area contributed by atoms with Crippen LogP contribution in [0.2, 0.25) is 0 Å². The smallest absolute Gasteiger partial charge is 0.0165 e. The molecule has 2 aliphatic rings. The van der Waals surface area contributed by atoms with Gasteiger partial charge in [0, 0.05) is 10.8 Å². The van der Waals surface area contributed by atoms with Crippen molar-refractivity contribution in [3.05, 3.63) is 204 Å². The molecule has 0 saturated carbocycles. The minimum atomic E-state index is -0.114. The fraction of sp³-hybridized carbons (Fsp3) is 0.103. The van der Waals surface area contributed by atoms with E-state index in [2.05, 4.69) is 210 Å². The van der Waals surface area contributed by atoms with E-state index >= 15 is 0 Å². The van der Waals surface area contributed by atoms with Gasteiger partial charge in [-0.3, -0.25) is 0 Å². The molecule has 10 aromatic carbocycles. The molecule has 0 aliphatic heterocycles. The summed E-state index contributed by atoms with van der Waals surface area (Å²) in [4.78, 5) is 0. The van der Waals surface area contributed by atoms with Gasteiger partial charge in [0.15, 0.2) is 0 Å². The first-order chi connectivity index (χ1) is 28.3. The molecule has 12 rings (SSSR count). The summed E-state index contributed by atoms with van der Waals surface area (Å²) in [5.74, 6) is 0. The number of rotatable bonds is 3. The summed E-state index contributed by atoms with van der Waals surface area (Å²) in [5.41, 5.74) is 18.5. The Kier molecular flexibility index (Phi) is 6.84. The molecule has 2 aliphatic carbocycles. The van der Waals surface area contributed by atoms with Crippen molar-refractivity contribution >= 4 is 43.1 Å². The first-order valence-corrected chi connectivity index (χ1v) is 20.7. The molecule has 0 saturated heterocycles. The Morgan fingerprint density at radius 3 is 1.53 bits per heavy atom. The van der Waals surface area contributed by atoms with Crippen LogP contribution in [0, 0.1) is 0 Å². The van der Waals surface area contributed by atoms with Crippen LogP contribution in [0.3, 0.4) is 0 Å². The van der Waals surface area contributed by atoms with Gasteiger partial charge in [-0.1, -0.05) is 198 Å². The zero-order valence-corrected chi connectivity index (χ0v) is 33.3. The monoisotopic (exact) mass is 738 g/mol. The predicted molar refractivity (Wildman–Crippen MR) is 248 cm³/mol. The Balaban J connectivity index is 1.11. The van der Waals surface area contributed by atoms with E-state index in [0.717, 1.165) is 0 Å². The third-order valence-corrected chi connectivity index (χ3v) is 13.8. The predicted octanol–water partition coefficient (Wildman–Crippen LogP) is 15.9. The molecule has 0 heterocycles. The molecule has 58 heavy (non-hydrogen) atoms. The lowest BCUT2D eigenvalue weighted by Crippen LogP contribution is -2.15. The second kappa shape index (κ2) is 11.9. The van der Waals surface area contributed by atoms with Gasteiger partial charge in [-0.2, -0.15) is 0 Å². The van der Waals surface area contributed by atoms with E-state index in [-0.39, 0.29) is 10.8 Å². The Labute approximate surface area is 340 Å². The van der Waals surface area contributed by atoms with Gasteiger partial charge >= 0.3 is 0 Å². The van der Waals surface area contributed by atoms with Crippen LogP contribution in [0.1, 0.15) is 49.9 Å². The Hall–Kier alpha value is -6.76. The highest BCUT2D eigenvalue weighted by molar-refractivity contribution is 6.24. The van der Waals surface area contributed by atoms with Crippen LogP contribution in [-0.2, 0) is 10.8 Å². The van der Waals surface area contributed by atoms with Crippen molar-refractivity contribution in [2.75, 3.05) is 0 Å². The van der Waals surface area contributed by atoms with Crippen molar-refractivity contribution in [3.8, 4) is 55.6 Å². The van der Waals surface area contributed by atoms with E-state index in [0.29, 0.717) is 0 Å². The SMILES string of the molecule is CC1(C)c2ccccc2-c2c1cc(-c1c3ccccc3c(-c3cccc(-c4cccc5c4-c4ccc6ccccc6c4C5(C)C)c3)c3ccccc13)c1ccccc21. The highest BCUT2D eigenvalue weighted by Gasteiger charge is 2.39. The van der Waals surface area contributed by atoms with E-state index < -0.39 is 0 Å². The maximum atomic E-state index is 2.53. The first kappa shape index (κ1) is 33.4. The summed E-state index contributed by atoms with van der Waals surface area (Å²) in [5, 5.41) is 10.4. The lowest BCUT2D eigenvalue weighted by Gasteiger charge is -2.24. The lowest BCUT2D eigenvalue weighted by atomic mass is 9.79. The van der Waals surface area contributed by atoms with Crippen molar-refractivity contribution in [2.45, 2.75) is 38.5 Å². The molecular weight excluding hydrogens is 697 g/mol. The molecule has 0 N–H and O–H groups in total. The van der Waals surface area contributed by atoms with Crippen LogP contribution < -0.4 is 0 Å². The van der Waals surface area contributed by atoms with Crippen molar-refractivity contribution in [3.63, 3.8) is 0 Å². The molecule has 0 radical (unpaired) electrons. The minimum absolute atomic E-state index is 0.110. The molecule has 274 valence electrons. The Morgan fingerprint density at radius 2 is 0.810 bits per heavy atom. The summed E-state index contributed by atoms with van der Waals surface area (Å²) in [6.07, 6.45) is 0. The zero-order valence-electron chi connectivity index (χ0n) is 33.3. The van der Waals surface area contributed by atoms with E-state index in [1.807, 2.05) is 0 Å². The second-order valence-corrected chi connectivity index (χ2v) is 17.5. The molecule has 0 unspecified atom stereocenters. The van der Waals surface area contributed by atoms with Gasteiger partial charge < -0.3 is 0 Å². The van der Waals surface area contributed by atoms with Crippen LogP contribution in [0.25, 0.3) is 98.7 Å². The fourth-order valence-electron chi connectivity index (χ4n) is 11.2. The highest BCUT2D eigenvalue weighted by Crippen LogP contribution is 2.56. The zero-order chi connectivity index (χ0) is 38.9. The van der Waals surface area contributed by atoms with Crippen LogP contribution in [0.5, 0.6) is 0 Å². The summed E-state index contributed by atoms with van der Waals surface area (Å²) in [6.45, 7) is 9.58. The standard InChI is InChI=1S/C58H42/c1-57(2)49-29-14-13-27-46(49)55-41-22-8-7-21-40(41)48(34-51(55)57)53-44-25-11-9-23-42(44)52(43-24-10-12-26-45(43)53)37-19-15-18-36(33-37)38-28-16-30-50-54(38)47-32-31-35-17-5-6-20-39(35)56(47)58(50,3)4/h5-34H,1-4H3. The van der Waals surface area contributed by atoms with Crippen molar-refractivity contribution in [1.82, 2.24) is 0 Å².